The number of ether oxygens (including phenoxy) is 1. The number of anilines is 2. The summed E-state index contributed by atoms with van der Waals surface area (Å²) < 4.78 is 5.16. The van der Waals surface area contributed by atoms with E-state index in [1.807, 2.05) is 50.2 Å². The maximum atomic E-state index is 11.8. The van der Waals surface area contributed by atoms with Crippen LogP contribution in [0.2, 0.25) is 0 Å². The Balaban J connectivity index is 1.98. The molecule has 0 aliphatic rings. The predicted molar refractivity (Wildman–Crippen MR) is 153 cm³/mol. The summed E-state index contributed by atoms with van der Waals surface area (Å²) in [4.78, 5) is 22.0. The molecule has 0 aliphatic heterocycles. The number of benzene rings is 2. The molecule has 0 saturated heterocycles. The largest absolute Gasteiger partial charge is 0.460 e. The zero-order valence-electron chi connectivity index (χ0n) is 22.5. The van der Waals surface area contributed by atoms with Crippen molar-refractivity contribution in [3.63, 3.8) is 0 Å². The molecule has 190 valence electrons. The second-order valence-electron chi connectivity index (χ2n) is 9.38. The lowest BCUT2D eigenvalue weighted by Gasteiger charge is -2.19. The van der Waals surface area contributed by atoms with Crippen molar-refractivity contribution in [1.82, 2.24) is 4.98 Å². The van der Waals surface area contributed by atoms with Crippen molar-refractivity contribution in [2.24, 2.45) is 10.9 Å². The van der Waals surface area contributed by atoms with Crippen molar-refractivity contribution in [3.8, 4) is 0 Å². The smallest absolute Gasteiger partial charge is 0.331 e. The van der Waals surface area contributed by atoms with Gasteiger partial charge in [-0.2, -0.15) is 0 Å². The van der Waals surface area contributed by atoms with Crippen molar-refractivity contribution >= 4 is 45.9 Å². The van der Waals surface area contributed by atoms with Gasteiger partial charge in [0, 0.05) is 22.9 Å². The second-order valence-corrected chi connectivity index (χ2v) is 9.38. The SMILES string of the molecule is CCCC(=Nc1c(Nc2ccc(/C=C/C(=O)OC(C)C)cc2)nc2ccccc2c1C)C(CC)CC. The summed E-state index contributed by atoms with van der Waals surface area (Å²) in [5, 5.41) is 4.63. The molecule has 36 heavy (non-hydrogen) atoms. The van der Waals surface area contributed by atoms with Crippen LogP contribution in [0.5, 0.6) is 0 Å². The van der Waals surface area contributed by atoms with Crippen LogP contribution in [0.3, 0.4) is 0 Å². The minimum atomic E-state index is -0.342. The zero-order chi connectivity index (χ0) is 26.1. The molecule has 0 atom stereocenters. The van der Waals surface area contributed by atoms with E-state index in [2.05, 4.69) is 45.1 Å². The molecule has 1 heterocycles. The summed E-state index contributed by atoms with van der Waals surface area (Å²) >= 11 is 0. The van der Waals surface area contributed by atoms with Crippen molar-refractivity contribution in [2.75, 3.05) is 5.32 Å². The molecule has 1 N–H and O–H groups in total. The Hall–Kier alpha value is -3.47. The number of pyridine rings is 1. The van der Waals surface area contributed by atoms with Crippen LogP contribution in [0.4, 0.5) is 17.2 Å². The maximum absolute atomic E-state index is 11.8. The number of esters is 1. The molecule has 0 amide bonds. The number of carbonyl (C=O) groups is 1. The molecular weight excluding hydrogens is 446 g/mol. The number of aliphatic imine (C=N–C) groups is 1. The lowest BCUT2D eigenvalue weighted by Crippen LogP contribution is -2.13. The van der Waals surface area contributed by atoms with Gasteiger partial charge >= 0.3 is 5.97 Å². The molecule has 0 aliphatic carbocycles. The van der Waals surface area contributed by atoms with Gasteiger partial charge in [-0.25, -0.2) is 9.78 Å². The average molecular weight is 486 g/mol. The third kappa shape index (κ3) is 7.03. The fourth-order valence-electron chi connectivity index (χ4n) is 4.35. The zero-order valence-corrected chi connectivity index (χ0v) is 22.5. The van der Waals surface area contributed by atoms with Gasteiger partial charge in [-0.15, -0.1) is 0 Å². The summed E-state index contributed by atoms with van der Waals surface area (Å²) in [6, 6.07) is 16.1. The summed E-state index contributed by atoms with van der Waals surface area (Å²) in [5.74, 6) is 0.887. The van der Waals surface area contributed by atoms with Crippen LogP contribution in [-0.2, 0) is 9.53 Å². The summed E-state index contributed by atoms with van der Waals surface area (Å²) in [6.45, 7) is 12.5. The standard InChI is InChI=1S/C31H39N3O2/c1-7-12-27(24(8-2)9-3)33-30-22(6)26-13-10-11-14-28(26)34-31(30)32-25-18-15-23(16-19-25)17-20-29(35)36-21(4)5/h10-11,13-21,24H,7-9,12H2,1-6H3,(H,32,34)/b20-17+,33-27?. The number of fused-ring (bicyclic) bond motifs is 1. The number of para-hydroxylation sites is 1. The highest BCUT2D eigenvalue weighted by Crippen LogP contribution is 2.36. The predicted octanol–water partition coefficient (Wildman–Crippen LogP) is 8.56. The highest BCUT2D eigenvalue weighted by molar-refractivity contribution is 5.96. The van der Waals surface area contributed by atoms with Gasteiger partial charge < -0.3 is 10.1 Å². The van der Waals surface area contributed by atoms with Crippen LogP contribution < -0.4 is 5.32 Å². The van der Waals surface area contributed by atoms with E-state index >= 15 is 0 Å². The minimum absolute atomic E-state index is 0.133. The fraction of sp³-hybridized carbons (Fsp3) is 0.387. The number of aryl methyl sites for hydroxylation is 1. The van der Waals surface area contributed by atoms with E-state index in [1.54, 1.807) is 6.08 Å². The van der Waals surface area contributed by atoms with Crippen LogP contribution in [0.25, 0.3) is 17.0 Å². The molecule has 2 aromatic carbocycles. The summed E-state index contributed by atoms with van der Waals surface area (Å²) in [6.07, 6.45) is 7.30. The molecule has 0 unspecified atom stereocenters. The molecule has 3 rings (SSSR count). The van der Waals surface area contributed by atoms with E-state index < -0.39 is 0 Å². The highest BCUT2D eigenvalue weighted by atomic mass is 16.5. The highest BCUT2D eigenvalue weighted by Gasteiger charge is 2.17. The Morgan fingerprint density at radius 2 is 1.75 bits per heavy atom. The third-order valence-corrected chi connectivity index (χ3v) is 6.28. The van der Waals surface area contributed by atoms with Crippen LogP contribution in [0.15, 0.2) is 59.6 Å². The molecular formula is C31H39N3O2. The number of hydrogen-bond acceptors (Lipinski definition) is 5. The second kappa shape index (κ2) is 13.0. The molecule has 3 aromatic rings. The first-order valence-electron chi connectivity index (χ1n) is 13.1. The number of carbonyl (C=O) groups excluding carboxylic acids is 1. The number of hydrogen-bond donors (Lipinski definition) is 1. The van der Waals surface area contributed by atoms with Crippen molar-refractivity contribution in [2.45, 2.75) is 73.3 Å². The molecule has 5 heteroatoms. The summed E-state index contributed by atoms with van der Waals surface area (Å²) in [5.41, 5.74) is 6.06. The van der Waals surface area contributed by atoms with Crippen LogP contribution in [0.1, 0.15) is 71.4 Å². The quantitative estimate of drug-likeness (QED) is 0.168. The van der Waals surface area contributed by atoms with E-state index in [0.29, 0.717) is 5.92 Å². The van der Waals surface area contributed by atoms with E-state index in [4.69, 9.17) is 14.7 Å². The Morgan fingerprint density at radius 3 is 2.39 bits per heavy atom. The Labute approximate surface area is 215 Å². The number of nitrogens with zero attached hydrogens (tertiary/aromatic N) is 2. The molecule has 1 aromatic heterocycles. The first kappa shape index (κ1) is 27.1. The molecule has 0 radical (unpaired) electrons. The molecule has 0 spiro atoms. The van der Waals surface area contributed by atoms with Gasteiger partial charge in [-0.05, 0) is 81.4 Å². The average Bonchev–Trinajstić information content (AvgIpc) is 2.86. The van der Waals surface area contributed by atoms with Crippen molar-refractivity contribution in [1.29, 1.82) is 0 Å². The van der Waals surface area contributed by atoms with Gasteiger partial charge in [0.2, 0.25) is 0 Å². The monoisotopic (exact) mass is 485 g/mol. The maximum Gasteiger partial charge on any atom is 0.331 e. The van der Waals surface area contributed by atoms with E-state index in [0.717, 1.165) is 64.9 Å². The molecule has 0 bridgehead atoms. The Kier molecular flexibility index (Phi) is 9.80. The topological polar surface area (TPSA) is 63.6 Å². The normalized spacial score (nSPS) is 12.2. The summed E-state index contributed by atoms with van der Waals surface area (Å²) in [7, 11) is 0. The Morgan fingerprint density at radius 1 is 1.06 bits per heavy atom. The van der Waals surface area contributed by atoms with Gasteiger partial charge in [0.1, 0.15) is 5.69 Å². The van der Waals surface area contributed by atoms with Crippen molar-refractivity contribution in [3.05, 3.63) is 65.7 Å². The first-order chi connectivity index (χ1) is 17.4. The van der Waals surface area contributed by atoms with E-state index in [-0.39, 0.29) is 12.1 Å². The molecule has 0 saturated carbocycles. The van der Waals surface area contributed by atoms with Crippen LogP contribution >= 0.6 is 0 Å². The first-order valence-corrected chi connectivity index (χ1v) is 13.1. The van der Waals surface area contributed by atoms with Crippen LogP contribution in [0, 0.1) is 12.8 Å². The van der Waals surface area contributed by atoms with E-state index in [1.165, 1.54) is 11.8 Å². The van der Waals surface area contributed by atoms with Gasteiger partial charge in [0.05, 0.1) is 11.6 Å². The molecule has 0 fully saturated rings. The lowest BCUT2D eigenvalue weighted by atomic mass is 9.94. The fourth-order valence-corrected chi connectivity index (χ4v) is 4.35. The Bertz CT molecular complexity index is 1220. The number of nitrogens with one attached hydrogen (secondary N) is 1. The number of aromatic nitrogens is 1. The van der Waals surface area contributed by atoms with Gasteiger partial charge in [0.15, 0.2) is 5.82 Å². The van der Waals surface area contributed by atoms with Crippen molar-refractivity contribution < 1.29 is 9.53 Å². The van der Waals surface area contributed by atoms with Gasteiger partial charge in [0.25, 0.3) is 0 Å². The minimum Gasteiger partial charge on any atom is -0.460 e. The van der Waals surface area contributed by atoms with Crippen LogP contribution in [-0.4, -0.2) is 22.8 Å². The van der Waals surface area contributed by atoms with Gasteiger partial charge in [-0.3, -0.25) is 4.99 Å². The lowest BCUT2D eigenvalue weighted by molar-refractivity contribution is -0.141. The number of rotatable bonds is 11. The molecule has 5 nitrogen and oxygen atoms in total. The third-order valence-electron chi connectivity index (χ3n) is 6.28. The van der Waals surface area contributed by atoms with E-state index in [9.17, 15) is 4.79 Å². The van der Waals surface area contributed by atoms with Gasteiger partial charge in [-0.1, -0.05) is 57.5 Å².